The minimum absolute atomic E-state index is 0.0437. The van der Waals surface area contributed by atoms with Gasteiger partial charge in [-0.15, -0.1) is 0 Å². The Morgan fingerprint density at radius 1 is 1.38 bits per heavy atom. The second-order valence-corrected chi connectivity index (χ2v) is 4.92. The van der Waals surface area contributed by atoms with Crippen LogP contribution in [0.4, 0.5) is 5.69 Å². The molecule has 114 valence electrons. The smallest absolute Gasteiger partial charge is 0.325 e. The van der Waals surface area contributed by atoms with E-state index in [4.69, 9.17) is 4.74 Å². The van der Waals surface area contributed by atoms with Crippen molar-refractivity contribution in [3.8, 4) is 11.5 Å². The molecule has 2 rings (SSSR count). The quantitative estimate of drug-likeness (QED) is 0.857. The summed E-state index contributed by atoms with van der Waals surface area (Å²) in [6.07, 6.45) is 0.935. The van der Waals surface area contributed by atoms with Crippen LogP contribution in [0.3, 0.4) is 0 Å². The van der Waals surface area contributed by atoms with Gasteiger partial charge in [-0.3, -0.25) is 14.5 Å². The first-order valence-corrected chi connectivity index (χ1v) is 6.88. The van der Waals surface area contributed by atoms with E-state index in [1.165, 1.54) is 24.1 Å². The number of ether oxygens (including phenoxy) is 2. The number of anilines is 1. The predicted octanol–water partition coefficient (Wildman–Crippen LogP) is 1.85. The van der Waals surface area contributed by atoms with Crippen LogP contribution >= 0.6 is 0 Å². The highest BCUT2D eigenvalue weighted by Crippen LogP contribution is 2.42. The summed E-state index contributed by atoms with van der Waals surface area (Å²) < 4.78 is 10.5. The summed E-state index contributed by atoms with van der Waals surface area (Å²) in [5, 5.41) is 9.61. The van der Waals surface area contributed by atoms with Crippen molar-refractivity contribution in [2.45, 2.75) is 32.3 Å². The Balaban J connectivity index is 2.51. The third-order valence-corrected chi connectivity index (χ3v) is 3.83. The van der Waals surface area contributed by atoms with Gasteiger partial charge in [-0.2, -0.15) is 0 Å². The molecule has 1 aromatic rings. The number of hydrogen-bond donors (Lipinski definition) is 1. The summed E-state index contributed by atoms with van der Waals surface area (Å²) in [5.74, 6) is -0.342. The standard InChI is InChI=1S/C15H19NO5/c1-4-15(5-2)14(19)16(9-13(18)20-3)11-7-6-10(17)8-12(11)21-15/h6-8,17H,4-5,9H2,1-3H3. The van der Waals surface area contributed by atoms with Gasteiger partial charge in [0.1, 0.15) is 18.0 Å². The highest BCUT2D eigenvalue weighted by Gasteiger charge is 2.46. The molecule has 0 spiro atoms. The molecule has 0 saturated carbocycles. The average molecular weight is 293 g/mol. The lowest BCUT2D eigenvalue weighted by molar-refractivity contribution is -0.143. The molecule has 0 radical (unpaired) electrons. The Labute approximate surface area is 123 Å². The Morgan fingerprint density at radius 3 is 2.62 bits per heavy atom. The summed E-state index contributed by atoms with van der Waals surface area (Å²) >= 11 is 0. The van der Waals surface area contributed by atoms with Crippen molar-refractivity contribution in [2.24, 2.45) is 0 Å². The van der Waals surface area contributed by atoms with Crippen LogP contribution < -0.4 is 9.64 Å². The predicted molar refractivity (Wildman–Crippen MR) is 76.4 cm³/mol. The summed E-state index contributed by atoms with van der Waals surface area (Å²) in [4.78, 5) is 25.7. The molecule has 0 bridgehead atoms. The highest BCUT2D eigenvalue weighted by atomic mass is 16.5. The zero-order valence-electron chi connectivity index (χ0n) is 12.4. The van der Waals surface area contributed by atoms with Gasteiger partial charge in [-0.1, -0.05) is 13.8 Å². The lowest BCUT2D eigenvalue weighted by Gasteiger charge is -2.41. The molecular formula is C15H19NO5. The Kier molecular flexibility index (Phi) is 4.06. The molecule has 21 heavy (non-hydrogen) atoms. The van der Waals surface area contributed by atoms with E-state index in [0.29, 0.717) is 24.3 Å². The number of aromatic hydroxyl groups is 1. The molecule has 1 heterocycles. The van der Waals surface area contributed by atoms with Gasteiger partial charge < -0.3 is 14.6 Å². The molecule has 0 aromatic heterocycles. The van der Waals surface area contributed by atoms with E-state index in [9.17, 15) is 14.7 Å². The van der Waals surface area contributed by atoms with Gasteiger partial charge in [-0.25, -0.2) is 0 Å². The van der Waals surface area contributed by atoms with Crippen LogP contribution in [0.2, 0.25) is 0 Å². The molecule has 0 fully saturated rings. The Bertz CT molecular complexity index is 565. The summed E-state index contributed by atoms with van der Waals surface area (Å²) in [7, 11) is 1.28. The molecule has 0 aliphatic carbocycles. The van der Waals surface area contributed by atoms with Gasteiger partial charge in [0, 0.05) is 6.07 Å². The fourth-order valence-electron chi connectivity index (χ4n) is 2.46. The number of nitrogens with zero attached hydrogens (tertiary/aromatic N) is 1. The highest BCUT2D eigenvalue weighted by molar-refractivity contribution is 6.05. The van der Waals surface area contributed by atoms with Crippen LogP contribution in [0.25, 0.3) is 0 Å². The number of esters is 1. The lowest BCUT2D eigenvalue weighted by Crippen LogP contribution is -2.56. The number of methoxy groups -OCH3 is 1. The molecule has 1 N–H and O–H groups in total. The second-order valence-electron chi connectivity index (χ2n) is 4.92. The van der Waals surface area contributed by atoms with Gasteiger partial charge in [0.25, 0.3) is 5.91 Å². The van der Waals surface area contributed by atoms with E-state index in [0.717, 1.165) is 0 Å². The van der Waals surface area contributed by atoms with Gasteiger partial charge in [-0.05, 0) is 25.0 Å². The zero-order valence-corrected chi connectivity index (χ0v) is 12.4. The van der Waals surface area contributed by atoms with Crippen molar-refractivity contribution < 1.29 is 24.2 Å². The van der Waals surface area contributed by atoms with Gasteiger partial charge in [0.15, 0.2) is 5.60 Å². The number of carbonyl (C=O) groups is 2. The van der Waals surface area contributed by atoms with Crippen molar-refractivity contribution in [3.05, 3.63) is 18.2 Å². The molecule has 1 amide bonds. The molecule has 1 aromatic carbocycles. The molecule has 6 heteroatoms. The zero-order chi connectivity index (χ0) is 15.6. The Morgan fingerprint density at radius 2 is 2.05 bits per heavy atom. The van der Waals surface area contributed by atoms with Crippen LogP contribution in [-0.4, -0.2) is 36.2 Å². The molecule has 0 unspecified atom stereocenters. The molecule has 6 nitrogen and oxygen atoms in total. The maximum Gasteiger partial charge on any atom is 0.325 e. The molecule has 0 atom stereocenters. The minimum atomic E-state index is -1.02. The second kappa shape index (κ2) is 5.63. The lowest BCUT2D eigenvalue weighted by atomic mass is 9.92. The minimum Gasteiger partial charge on any atom is -0.508 e. The topological polar surface area (TPSA) is 76.1 Å². The van der Waals surface area contributed by atoms with E-state index < -0.39 is 11.6 Å². The maximum atomic E-state index is 12.7. The maximum absolute atomic E-state index is 12.7. The Hall–Kier alpha value is -2.24. The SMILES string of the molecule is CCC1(CC)Oc2cc(O)ccc2N(CC(=O)OC)C1=O. The van der Waals surface area contributed by atoms with Crippen LogP contribution in [-0.2, 0) is 14.3 Å². The molecular weight excluding hydrogens is 274 g/mol. The monoisotopic (exact) mass is 293 g/mol. The fraction of sp³-hybridized carbons (Fsp3) is 0.467. The summed E-state index contributed by atoms with van der Waals surface area (Å²) in [5.41, 5.74) is -0.560. The van der Waals surface area contributed by atoms with E-state index in [1.54, 1.807) is 6.07 Å². The van der Waals surface area contributed by atoms with Crippen LogP contribution in [0.5, 0.6) is 11.5 Å². The molecule has 0 saturated heterocycles. The molecule has 1 aliphatic heterocycles. The number of fused-ring (bicyclic) bond motifs is 1. The normalized spacial score (nSPS) is 16.1. The van der Waals surface area contributed by atoms with Crippen LogP contribution in [0, 0.1) is 0 Å². The third-order valence-electron chi connectivity index (χ3n) is 3.83. The fourth-order valence-corrected chi connectivity index (χ4v) is 2.46. The number of benzene rings is 1. The first-order valence-electron chi connectivity index (χ1n) is 6.88. The largest absolute Gasteiger partial charge is 0.508 e. The van der Waals surface area contributed by atoms with Gasteiger partial charge in [0.05, 0.1) is 12.8 Å². The number of hydrogen-bond acceptors (Lipinski definition) is 5. The first kappa shape index (κ1) is 15.2. The van der Waals surface area contributed by atoms with E-state index in [-0.39, 0.29) is 18.2 Å². The van der Waals surface area contributed by atoms with Crippen molar-refractivity contribution in [1.29, 1.82) is 0 Å². The van der Waals surface area contributed by atoms with Crippen LogP contribution in [0.1, 0.15) is 26.7 Å². The average Bonchev–Trinajstić information content (AvgIpc) is 2.49. The summed E-state index contributed by atoms with van der Waals surface area (Å²) in [6, 6.07) is 4.46. The number of amides is 1. The van der Waals surface area contributed by atoms with Crippen molar-refractivity contribution in [3.63, 3.8) is 0 Å². The van der Waals surface area contributed by atoms with E-state index in [1.807, 2.05) is 13.8 Å². The number of phenolic OH excluding ortho intramolecular Hbond substituents is 1. The van der Waals surface area contributed by atoms with Crippen molar-refractivity contribution in [2.75, 3.05) is 18.6 Å². The van der Waals surface area contributed by atoms with Gasteiger partial charge in [0.2, 0.25) is 0 Å². The number of rotatable bonds is 4. The van der Waals surface area contributed by atoms with E-state index >= 15 is 0 Å². The number of phenols is 1. The first-order chi connectivity index (χ1) is 9.97. The van der Waals surface area contributed by atoms with Crippen LogP contribution in [0.15, 0.2) is 18.2 Å². The third kappa shape index (κ3) is 2.53. The van der Waals surface area contributed by atoms with Crippen molar-refractivity contribution in [1.82, 2.24) is 0 Å². The molecule has 1 aliphatic rings. The summed E-state index contributed by atoms with van der Waals surface area (Å²) in [6.45, 7) is 3.52. The number of carbonyl (C=O) groups excluding carboxylic acids is 2. The van der Waals surface area contributed by atoms with Crippen molar-refractivity contribution >= 4 is 17.6 Å². The van der Waals surface area contributed by atoms with E-state index in [2.05, 4.69) is 4.74 Å². The van der Waals surface area contributed by atoms with Gasteiger partial charge >= 0.3 is 5.97 Å².